The van der Waals surface area contributed by atoms with Crippen molar-refractivity contribution in [2.45, 2.75) is 25.8 Å². The molecule has 2 rings (SSSR count). The number of carboxylic acid groups (broad SMARTS) is 1. The van der Waals surface area contributed by atoms with E-state index in [0.29, 0.717) is 13.0 Å². The van der Waals surface area contributed by atoms with Crippen molar-refractivity contribution in [1.82, 2.24) is 4.90 Å². The van der Waals surface area contributed by atoms with Crippen molar-refractivity contribution in [3.8, 4) is 0 Å². The summed E-state index contributed by atoms with van der Waals surface area (Å²) in [5, 5.41) is 8.54. The molecule has 1 N–H and O–H groups in total. The third-order valence-corrected chi connectivity index (χ3v) is 3.88. The van der Waals surface area contributed by atoms with Crippen molar-refractivity contribution in [3.05, 3.63) is 28.0 Å². The topological polar surface area (TPSA) is 57.6 Å². The van der Waals surface area contributed by atoms with E-state index in [1.54, 1.807) is 6.08 Å². The van der Waals surface area contributed by atoms with Gasteiger partial charge in [0, 0.05) is 28.8 Å². The fourth-order valence-corrected chi connectivity index (χ4v) is 2.87. The first kappa shape index (κ1) is 12.8. The Kier molecular flexibility index (Phi) is 4.15. The summed E-state index contributed by atoms with van der Waals surface area (Å²) in [6.45, 7) is 1.47. The molecule has 5 heteroatoms. The molecular weight excluding hydrogens is 250 g/mol. The first-order chi connectivity index (χ1) is 8.65. The number of hydrogen-bond acceptors (Lipinski definition) is 3. The van der Waals surface area contributed by atoms with E-state index in [9.17, 15) is 9.59 Å². The molecule has 0 saturated carbocycles. The molecule has 1 aliphatic heterocycles. The average Bonchev–Trinajstić information content (AvgIpc) is 2.77. The zero-order chi connectivity index (χ0) is 13.0. The Morgan fingerprint density at radius 1 is 1.44 bits per heavy atom. The van der Waals surface area contributed by atoms with E-state index in [0.717, 1.165) is 35.2 Å². The van der Waals surface area contributed by atoms with Crippen LogP contribution in [0.1, 0.15) is 29.0 Å². The summed E-state index contributed by atoms with van der Waals surface area (Å²) >= 11 is 1.53. The molecule has 1 aromatic rings. The highest BCUT2D eigenvalue weighted by Crippen LogP contribution is 2.21. The molecular formula is C13H15NO3S. The van der Waals surface area contributed by atoms with Gasteiger partial charge >= 0.3 is 5.97 Å². The maximum Gasteiger partial charge on any atom is 0.328 e. The van der Waals surface area contributed by atoms with E-state index in [2.05, 4.69) is 0 Å². The first-order valence-corrected chi connectivity index (χ1v) is 6.74. The van der Waals surface area contributed by atoms with E-state index in [1.807, 2.05) is 17.0 Å². The van der Waals surface area contributed by atoms with Crippen LogP contribution in [0.3, 0.4) is 0 Å². The molecule has 1 aliphatic rings. The number of hydrogen-bond donors (Lipinski definition) is 1. The molecule has 0 radical (unpaired) electrons. The number of thiophene rings is 1. The van der Waals surface area contributed by atoms with Crippen molar-refractivity contribution in [3.63, 3.8) is 0 Å². The molecule has 0 spiro atoms. The number of piperidine rings is 1. The first-order valence-electron chi connectivity index (χ1n) is 5.92. The van der Waals surface area contributed by atoms with E-state index < -0.39 is 5.97 Å². The maximum absolute atomic E-state index is 11.7. The number of nitrogens with zero attached hydrogens (tertiary/aromatic N) is 1. The molecule has 0 bridgehead atoms. The second-order valence-electron chi connectivity index (χ2n) is 4.25. The van der Waals surface area contributed by atoms with Crippen LogP contribution in [0.2, 0.25) is 0 Å². The molecule has 1 aromatic heterocycles. The van der Waals surface area contributed by atoms with Crippen molar-refractivity contribution in [2.24, 2.45) is 0 Å². The molecule has 0 atom stereocenters. The minimum absolute atomic E-state index is 0.220. The van der Waals surface area contributed by atoms with Crippen LogP contribution < -0.4 is 0 Å². The number of likely N-dealkylation sites (tertiary alicyclic amines) is 1. The van der Waals surface area contributed by atoms with Crippen LogP contribution in [0, 0.1) is 0 Å². The normalized spacial score (nSPS) is 16.4. The molecule has 1 saturated heterocycles. The standard InChI is InChI=1S/C13H15NO3S/c15-12-3-1-2-8-14(12)9-11-5-4-10(18-11)6-7-13(16)17/h4-7H,1-3,8-9H2,(H,16,17). The molecule has 4 nitrogen and oxygen atoms in total. The fourth-order valence-electron chi connectivity index (χ4n) is 1.94. The van der Waals surface area contributed by atoms with Gasteiger partial charge in [0.05, 0.1) is 6.54 Å². The number of rotatable bonds is 4. The summed E-state index contributed by atoms with van der Waals surface area (Å²) in [5.74, 6) is -0.728. The summed E-state index contributed by atoms with van der Waals surface area (Å²) in [6.07, 6.45) is 5.42. The Morgan fingerprint density at radius 2 is 2.28 bits per heavy atom. The lowest BCUT2D eigenvalue weighted by Crippen LogP contribution is -2.34. The van der Waals surface area contributed by atoms with E-state index in [1.165, 1.54) is 11.3 Å². The van der Waals surface area contributed by atoms with Gasteiger partial charge in [0.25, 0.3) is 0 Å². The predicted molar refractivity (Wildman–Crippen MR) is 70.3 cm³/mol. The molecule has 2 heterocycles. The Labute approximate surface area is 110 Å². The van der Waals surface area contributed by atoms with Crippen molar-refractivity contribution < 1.29 is 14.7 Å². The van der Waals surface area contributed by atoms with Crippen LogP contribution in [0.25, 0.3) is 6.08 Å². The number of aliphatic carboxylic acids is 1. The van der Waals surface area contributed by atoms with Gasteiger partial charge in [-0.15, -0.1) is 11.3 Å². The van der Waals surface area contributed by atoms with Crippen molar-refractivity contribution >= 4 is 29.3 Å². The van der Waals surface area contributed by atoms with Gasteiger partial charge in [-0.25, -0.2) is 4.79 Å². The zero-order valence-corrected chi connectivity index (χ0v) is 10.8. The van der Waals surface area contributed by atoms with Gasteiger partial charge in [-0.1, -0.05) is 0 Å². The monoisotopic (exact) mass is 265 g/mol. The molecule has 0 aliphatic carbocycles. The van der Waals surface area contributed by atoms with Crippen LogP contribution in [0.15, 0.2) is 18.2 Å². The Hall–Kier alpha value is -1.62. The van der Waals surface area contributed by atoms with Gasteiger partial charge in [-0.3, -0.25) is 4.79 Å². The zero-order valence-electron chi connectivity index (χ0n) is 9.96. The highest BCUT2D eigenvalue weighted by Gasteiger charge is 2.18. The second kappa shape index (κ2) is 5.82. The SMILES string of the molecule is O=C(O)C=Cc1ccc(CN2CCCCC2=O)s1. The number of amides is 1. The molecule has 0 unspecified atom stereocenters. The Morgan fingerprint density at radius 3 is 3.00 bits per heavy atom. The summed E-state index contributed by atoms with van der Waals surface area (Å²) in [4.78, 5) is 25.9. The Bertz CT molecular complexity index is 478. The van der Waals surface area contributed by atoms with Gasteiger partial charge < -0.3 is 10.0 Å². The van der Waals surface area contributed by atoms with Crippen LogP contribution in [-0.4, -0.2) is 28.4 Å². The number of carbonyl (C=O) groups is 2. The average molecular weight is 265 g/mol. The maximum atomic E-state index is 11.7. The Balaban J connectivity index is 1.97. The minimum atomic E-state index is -0.948. The fraction of sp³-hybridized carbons (Fsp3) is 0.385. The van der Waals surface area contributed by atoms with Crippen molar-refractivity contribution in [2.75, 3.05) is 6.54 Å². The predicted octanol–water partition coefficient (Wildman–Crippen LogP) is 2.36. The van der Waals surface area contributed by atoms with Gasteiger partial charge in [0.15, 0.2) is 0 Å². The van der Waals surface area contributed by atoms with Crippen LogP contribution >= 0.6 is 11.3 Å². The molecule has 96 valence electrons. The summed E-state index contributed by atoms with van der Waals surface area (Å²) in [5.41, 5.74) is 0. The third kappa shape index (κ3) is 3.43. The van der Waals surface area contributed by atoms with Gasteiger partial charge in [-0.2, -0.15) is 0 Å². The van der Waals surface area contributed by atoms with Gasteiger partial charge in [0.1, 0.15) is 0 Å². The van der Waals surface area contributed by atoms with Crippen LogP contribution in [-0.2, 0) is 16.1 Å². The summed E-state index contributed by atoms with van der Waals surface area (Å²) in [6, 6.07) is 3.84. The molecule has 1 amide bonds. The highest BCUT2D eigenvalue weighted by atomic mass is 32.1. The van der Waals surface area contributed by atoms with Gasteiger partial charge in [0.2, 0.25) is 5.91 Å². The van der Waals surface area contributed by atoms with Gasteiger partial charge in [-0.05, 0) is 31.1 Å². The lowest BCUT2D eigenvalue weighted by molar-refractivity contribution is -0.134. The summed E-state index contributed by atoms with van der Waals surface area (Å²) in [7, 11) is 0. The molecule has 0 aromatic carbocycles. The number of carboxylic acids is 1. The number of carbonyl (C=O) groups excluding carboxylic acids is 1. The quantitative estimate of drug-likeness (QED) is 0.850. The summed E-state index contributed by atoms with van der Waals surface area (Å²) < 4.78 is 0. The largest absolute Gasteiger partial charge is 0.478 e. The highest BCUT2D eigenvalue weighted by molar-refractivity contribution is 7.12. The second-order valence-corrected chi connectivity index (χ2v) is 5.45. The van der Waals surface area contributed by atoms with Crippen molar-refractivity contribution in [1.29, 1.82) is 0 Å². The minimum Gasteiger partial charge on any atom is -0.478 e. The molecule has 1 fully saturated rings. The lowest BCUT2D eigenvalue weighted by atomic mass is 10.1. The lowest BCUT2D eigenvalue weighted by Gasteiger charge is -2.26. The van der Waals surface area contributed by atoms with Crippen LogP contribution in [0.4, 0.5) is 0 Å². The third-order valence-electron chi connectivity index (χ3n) is 2.84. The smallest absolute Gasteiger partial charge is 0.328 e. The van der Waals surface area contributed by atoms with E-state index >= 15 is 0 Å². The molecule has 18 heavy (non-hydrogen) atoms. The van der Waals surface area contributed by atoms with E-state index in [-0.39, 0.29) is 5.91 Å². The van der Waals surface area contributed by atoms with Crippen LogP contribution in [0.5, 0.6) is 0 Å². The van der Waals surface area contributed by atoms with E-state index in [4.69, 9.17) is 5.11 Å².